The van der Waals surface area contributed by atoms with Gasteiger partial charge in [0.25, 0.3) is 5.91 Å². The Balaban J connectivity index is 1.31. The maximum Gasteiger partial charge on any atom is 0.254 e. The highest BCUT2D eigenvalue weighted by Crippen LogP contribution is 2.30. The number of nitrogens with zero attached hydrogens (tertiary/aromatic N) is 4. The van der Waals surface area contributed by atoms with Gasteiger partial charge in [0, 0.05) is 31.2 Å². The molecule has 1 unspecified atom stereocenters. The summed E-state index contributed by atoms with van der Waals surface area (Å²) in [6.07, 6.45) is 12.0. The molecule has 1 aliphatic heterocycles. The second-order valence-electron chi connectivity index (χ2n) is 9.10. The molecule has 1 aromatic carbocycles. The molecule has 182 valence electrons. The summed E-state index contributed by atoms with van der Waals surface area (Å²) in [5.74, 6) is 0.584. The highest BCUT2D eigenvalue weighted by molar-refractivity contribution is 6.33. The van der Waals surface area contributed by atoms with Crippen LogP contribution in [0.15, 0.2) is 42.9 Å². The first kappa shape index (κ1) is 23.5. The van der Waals surface area contributed by atoms with Crippen LogP contribution in [0, 0.1) is 0 Å². The lowest BCUT2D eigenvalue weighted by Gasteiger charge is -2.25. The number of rotatable bonds is 6. The molecule has 2 aliphatic rings. The zero-order chi connectivity index (χ0) is 24.2. The third-order valence-corrected chi connectivity index (χ3v) is 7.18. The lowest BCUT2D eigenvalue weighted by molar-refractivity contribution is 0.0963. The average molecular weight is 492 g/mol. The van der Waals surface area contributed by atoms with Gasteiger partial charge < -0.3 is 20.9 Å². The van der Waals surface area contributed by atoms with Crippen molar-refractivity contribution in [1.82, 2.24) is 25.2 Å². The van der Waals surface area contributed by atoms with E-state index in [1.807, 2.05) is 0 Å². The maximum atomic E-state index is 12.2. The summed E-state index contributed by atoms with van der Waals surface area (Å²) in [6, 6.07) is 8.94. The molecule has 5 rings (SSSR count). The number of benzene rings is 1. The number of aromatic nitrogens is 3. The Kier molecular flexibility index (Phi) is 7.11. The van der Waals surface area contributed by atoms with Gasteiger partial charge in [0.2, 0.25) is 5.95 Å². The quantitative estimate of drug-likeness (QED) is 0.429. The van der Waals surface area contributed by atoms with E-state index in [0.29, 0.717) is 34.1 Å². The van der Waals surface area contributed by atoms with Gasteiger partial charge in [-0.3, -0.25) is 9.78 Å². The second kappa shape index (κ2) is 10.6. The molecular formula is C26H30ClN7O. The summed E-state index contributed by atoms with van der Waals surface area (Å²) < 4.78 is 0. The summed E-state index contributed by atoms with van der Waals surface area (Å²) in [4.78, 5) is 27.8. The van der Waals surface area contributed by atoms with Crippen molar-refractivity contribution in [3.05, 3.63) is 64.6 Å². The molecule has 3 aromatic rings. The Bertz CT molecular complexity index is 1210. The number of carbonyl (C=O) groups excluding carboxylic acids is 1. The number of aryl methyl sites for hydroxylation is 2. The highest BCUT2D eigenvalue weighted by Gasteiger charge is 2.24. The zero-order valence-electron chi connectivity index (χ0n) is 19.9. The van der Waals surface area contributed by atoms with Gasteiger partial charge in [-0.15, -0.1) is 0 Å². The van der Waals surface area contributed by atoms with E-state index in [2.05, 4.69) is 54.0 Å². The molecule has 2 aromatic heterocycles. The minimum atomic E-state index is -0.249. The van der Waals surface area contributed by atoms with Gasteiger partial charge in [0.1, 0.15) is 5.02 Å². The van der Waals surface area contributed by atoms with Gasteiger partial charge in [-0.2, -0.15) is 4.98 Å². The van der Waals surface area contributed by atoms with E-state index in [-0.39, 0.29) is 5.91 Å². The van der Waals surface area contributed by atoms with Crippen LogP contribution >= 0.6 is 11.6 Å². The molecule has 1 saturated heterocycles. The molecule has 3 N–H and O–H groups in total. The largest absolute Gasteiger partial charge is 0.355 e. The topological polar surface area (TPSA) is 95.1 Å². The van der Waals surface area contributed by atoms with E-state index in [0.717, 1.165) is 18.5 Å². The molecule has 0 saturated carbocycles. The average Bonchev–Trinajstić information content (AvgIpc) is 3.33. The third-order valence-electron chi connectivity index (χ3n) is 6.90. The van der Waals surface area contributed by atoms with Gasteiger partial charge in [-0.05, 0) is 80.9 Å². The first-order valence-corrected chi connectivity index (χ1v) is 12.6. The van der Waals surface area contributed by atoms with Crippen molar-refractivity contribution >= 4 is 40.6 Å². The fraction of sp³-hybridized carbons (Fsp3) is 0.385. The molecular weight excluding hydrogens is 462 g/mol. The van der Waals surface area contributed by atoms with Crippen molar-refractivity contribution in [1.29, 1.82) is 0 Å². The van der Waals surface area contributed by atoms with Crippen LogP contribution in [0.1, 0.15) is 47.2 Å². The normalized spacial score (nSPS) is 17.9. The third kappa shape index (κ3) is 5.39. The molecule has 0 bridgehead atoms. The molecule has 0 spiro atoms. The van der Waals surface area contributed by atoms with E-state index >= 15 is 0 Å². The smallest absolute Gasteiger partial charge is 0.254 e. The van der Waals surface area contributed by atoms with Gasteiger partial charge in [0.05, 0.1) is 17.4 Å². The molecule has 1 fully saturated rings. The Morgan fingerprint density at radius 2 is 1.86 bits per heavy atom. The number of hydrogen-bond acceptors (Lipinski definition) is 7. The number of halogens is 1. The summed E-state index contributed by atoms with van der Waals surface area (Å²) in [5, 5.41) is 9.43. The summed E-state index contributed by atoms with van der Waals surface area (Å²) in [5.41, 5.74) is 4.75. The van der Waals surface area contributed by atoms with E-state index in [1.165, 1.54) is 56.1 Å². The number of hydrogen-bond donors (Lipinski definition) is 3. The molecule has 1 atom stereocenters. The Morgan fingerprint density at radius 1 is 1.06 bits per heavy atom. The number of nitrogens with one attached hydrogen (secondary N) is 3. The molecule has 1 aliphatic carbocycles. The first-order chi connectivity index (χ1) is 17.1. The molecule has 3 heterocycles. The predicted molar refractivity (Wildman–Crippen MR) is 139 cm³/mol. The van der Waals surface area contributed by atoms with Crippen LogP contribution in [0.2, 0.25) is 5.02 Å². The minimum absolute atomic E-state index is 0.249. The van der Waals surface area contributed by atoms with Gasteiger partial charge in [-0.1, -0.05) is 17.7 Å². The summed E-state index contributed by atoms with van der Waals surface area (Å²) in [7, 11) is 1.58. The van der Waals surface area contributed by atoms with Crippen LogP contribution in [-0.2, 0) is 12.8 Å². The van der Waals surface area contributed by atoms with E-state index in [9.17, 15) is 4.79 Å². The number of fused-ring (bicyclic) bond motifs is 1. The maximum absolute atomic E-state index is 12.2. The van der Waals surface area contributed by atoms with Crippen molar-refractivity contribution in [2.75, 3.05) is 30.8 Å². The van der Waals surface area contributed by atoms with Crippen LogP contribution in [0.4, 0.5) is 23.1 Å². The fourth-order valence-corrected chi connectivity index (χ4v) is 5.17. The molecule has 8 nitrogen and oxygen atoms in total. The van der Waals surface area contributed by atoms with E-state index in [4.69, 9.17) is 11.6 Å². The molecule has 1 amide bonds. The summed E-state index contributed by atoms with van der Waals surface area (Å²) in [6.45, 7) is 2.50. The number of anilines is 4. The number of pyridine rings is 1. The van der Waals surface area contributed by atoms with Gasteiger partial charge >= 0.3 is 0 Å². The number of amides is 1. The lowest BCUT2D eigenvalue weighted by atomic mass is 10.0. The van der Waals surface area contributed by atoms with E-state index in [1.54, 1.807) is 25.5 Å². The Morgan fingerprint density at radius 3 is 2.66 bits per heavy atom. The van der Waals surface area contributed by atoms with Crippen LogP contribution in [0.25, 0.3) is 0 Å². The van der Waals surface area contributed by atoms with Crippen molar-refractivity contribution in [3.63, 3.8) is 0 Å². The van der Waals surface area contributed by atoms with Crippen molar-refractivity contribution < 1.29 is 4.79 Å². The van der Waals surface area contributed by atoms with Crippen molar-refractivity contribution in [2.45, 2.75) is 44.6 Å². The standard InChI is InChI=1S/C26H30ClN7O/c1-28-25(35)21-15-29-11-10-23(21)32-24-22(27)16-30-26(33-24)31-19-7-4-17-5-8-20(9-6-18(17)14-19)34-12-2-3-13-34/h4,7,10-11,14-16,20H,2-3,5-6,8-9,12-13H2,1H3,(H,28,35)(H2,29,30,31,32,33). The van der Waals surface area contributed by atoms with Crippen LogP contribution < -0.4 is 16.0 Å². The molecule has 35 heavy (non-hydrogen) atoms. The Hall–Kier alpha value is -3.23. The fourth-order valence-electron chi connectivity index (χ4n) is 5.03. The summed E-state index contributed by atoms with van der Waals surface area (Å²) >= 11 is 6.36. The van der Waals surface area contributed by atoms with Crippen molar-refractivity contribution in [2.24, 2.45) is 0 Å². The highest BCUT2D eigenvalue weighted by atomic mass is 35.5. The van der Waals surface area contributed by atoms with Gasteiger partial charge in [-0.25, -0.2) is 4.98 Å². The second-order valence-corrected chi connectivity index (χ2v) is 9.51. The SMILES string of the molecule is CNC(=O)c1cnccc1Nc1nc(Nc2ccc3c(c2)CCC(N2CCCC2)CC3)ncc1Cl. The molecule has 9 heteroatoms. The monoisotopic (exact) mass is 491 g/mol. The lowest BCUT2D eigenvalue weighted by Crippen LogP contribution is -2.32. The molecule has 0 radical (unpaired) electrons. The van der Waals surface area contributed by atoms with Crippen LogP contribution in [0.3, 0.4) is 0 Å². The zero-order valence-corrected chi connectivity index (χ0v) is 20.6. The Labute approximate surface area is 210 Å². The predicted octanol–water partition coefficient (Wildman–Crippen LogP) is 4.72. The van der Waals surface area contributed by atoms with Crippen molar-refractivity contribution in [3.8, 4) is 0 Å². The first-order valence-electron chi connectivity index (χ1n) is 12.2. The van der Waals surface area contributed by atoms with Crippen LogP contribution in [-0.4, -0.2) is 51.9 Å². The number of carbonyl (C=O) groups is 1. The van der Waals surface area contributed by atoms with Gasteiger partial charge in [0.15, 0.2) is 5.82 Å². The van der Waals surface area contributed by atoms with E-state index < -0.39 is 0 Å². The van der Waals surface area contributed by atoms with Crippen LogP contribution in [0.5, 0.6) is 0 Å². The minimum Gasteiger partial charge on any atom is -0.355 e. The number of likely N-dealkylation sites (tertiary alicyclic amines) is 1.